The number of fused-ring (bicyclic) bond motifs is 3. The molecule has 1 aliphatic heterocycles. The minimum Gasteiger partial charge on any atom is -0.497 e. The molecule has 2 aromatic carbocycles. The summed E-state index contributed by atoms with van der Waals surface area (Å²) in [6, 6.07) is 13.0. The lowest BCUT2D eigenvalue weighted by molar-refractivity contribution is 0.184. The van der Waals surface area contributed by atoms with Gasteiger partial charge in [0.25, 0.3) is 0 Å². The monoisotopic (exact) mass is 351 g/mol. The summed E-state index contributed by atoms with van der Waals surface area (Å²) in [4.78, 5) is 12.1. The normalized spacial score (nSPS) is 20.8. The third-order valence-electron chi connectivity index (χ3n) is 5.21. The summed E-state index contributed by atoms with van der Waals surface area (Å²) in [6.07, 6.45) is 1.85. The Balaban J connectivity index is 1.77. The molecule has 2 aliphatic rings. The molecule has 2 atom stereocenters. The molecule has 0 unspecified atom stereocenters. The predicted molar refractivity (Wildman–Crippen MR) is 98.5 cm³/mol. The van der Waals surface area contributed by atoms with Crippen LogP contribution in [0.4, 0.5) is 4.79 Å². The number of urea groups is 1. The molecule has 26 heavy (non-hydrogen) atoms. The van der Waals surface area contributed by atoms with Crippen LogP contribution >= 0.6 is 0 Å². The van der Waals surface area contributed by atoms with Gasteiger partial charge in [0.05, 0.1) is 26.0 Å². The lowest BCUT2D eigenvalue weighted by Crippen LogP contribution is -2.35. The van der Waals surface area contributed by atoms with E-state index in [1.54, 1.807) is 14.2 Å². The first-order valence-electron chi connectivity index (χ1n) is 8.60. The molecule has 6 nitrogen and oxygen atoms in total. The number of carbonyl (C=O) groups excluding carboxylic acids is 1. The van der Waals surface area contributed by atoms with Crippen LogP contribution in [0.15, 0.2) is 47.6 Å². The summed E-state index contributed by atoms with van der Waals surface area (Å²) >= 11 is 0. The van der Waals surface area contributed by atoms with E-state index in [1.165, 1.54) is 10.6 Å². The second-order valence-electron chi connectivity index (χ2n) is 6.55. The molecule has 4 rings (SSSR count). The van der Waals surface area contributed by atoms with E-state index in [0.29, 0.717) is 0 Å². The van der Waals surface area contributed by atoms with Crippen molar-refractivity contribution in [2.45, 2.75) is 18.9 Å². The summed E-state index contributed by atoms with van der Waals surface area (Å²) < 4.78 is 10.6. The zero-order chi connectivity index (χ0) is 18.3. The summed E-state index contributed by atoms with van der Waals surface area (Å²) in [7, 11) is 3.28. The first-order chi connectivity index (χ1) is 12.6. The second-order valence-corrected chi connectivity index (χ2v) is 6.55. The number of amides is 2. The number of ether oxygens (including phenoxy) is 2. The van der Waals surface area contributed by atoms with Gasteiger partial charge in [-0.15, -0.1) is 0 Å². The minimum atomic E-state index is -0.544. The molecule has 1 aliphatic carbocycles. The first-order valence-corrected chi connectivity index (χ1v) is 8.60. The summed E-state index contributed by atoms with van der Waals surface area (Å²) in [5, 5.41) is 6.03. The Morgan fingerprint density at radius 3 is 2.46 bits per heavy atom. The lowest BCUT2D eigenvalue weighted by Gasteiger charge is -2.29. The van der Waals surface area contributed by atoms with Gasteiger partial charge in [0, 0.05) is 11.5 Å². The van der Waals surface area contributed by atoms with Crippen LogP contribution in [-0.2, 0) is 6.42 Å². The van der Waals surface area contributed by atoms with Gasteiger partial charge in [-0.1, -0.05) is 18.2 Å². The number of benzene rings is 2. The molecule has 2 N–H and O–H groups in total. The Kier molecular flexibility index (Phi) is 4.03. The Morgan fingerprint density at radius 1 is 1.12 bits per heavy atom. The molecule has 6 heteroatoms. The standard InChI is InChI=1S/C20H21N3O3/c1-25-14-7-4-13(5-8-14)19-16-10-6-12-3-9-15(26-2)11-17(12)18(16)22-23(19)20(21)24/h3-5,7-9,11,16,19H,6,10H2,1-2H3,(H2,21,24)/t16-,19-/m1/s1. The Bertz CT molecular complexity index is 876. The van der Waals surface area contributed by atoms with Crippen molar-refractivity contribution in [1.82, 2.24) is 5.01 Å². The van der Waals surface area contributed by atoms with E-state index < -0.39 is 6.03 Å². The van der Waals surface area contributed by atoms with Crippen molar-refractivity contribution < 1.29 is 14.3 Å². The Hall–Kier alpha value is -3.02. The molecule has 0 fully saturated rings. The fourth-order valence-corrected chi connectivity index (χ4v) is 3.93. The second kappa shape index (κ2) is 6.37. The molecular formula is C20H21N3O3. The van der Waals surface area contributed by atoms with Gasteiger partial charge in [-0.2, -0.15) is 5.10 Å². The number of hydrogen-bond donors (Lipinski definition) is 1. The third-order valence-corrected chi connectivity index (χ3v) is 5.21. The van der Waals surface area contributed by atoms with Gasteiger partial charge in [-0.25, -0.2) is 9.80 Å². The molecule has 2 aromatic rings. The number of nitrogens with zero attached hydrogens (tertiary/aromatic N) is 2. The Labute approximate surface area is 152 Å². The molecule has 0 spiro atoms. The number of nitrogens with two attached hydrogens (primary N) is 1. The van der Waals surface area contributed by atoms with Crippen molar-refractivity contribution in [1.29, 1.82) is 0 Å². The topological polar surface area (TPSA) is 77.2 Å². The SMILES string of the molecule is COc1ccc([C@@H]2[C@@H]3CCc4ccc(OC)cc4C3=NN2C(N)=O)cc1. The summed E-state index contributed by atoms with van der Waals surface area (Å²) in [5.74, 6) is 1.67. The number of rotatable bonds is 3. The van der Waals surface area contributed by atoms with Crippen molar-refractivity contribution in [2.75, 3.05) is 14.2 Å². The van der Waals surface area contributed by atoms with Gasteiger partial charge >= 0.3 is 6.03 Å². The quantitative estimate of drug-likeness (QED) is 0.923. The highest BCUT2D eigenvalue weighted by Crippen LogP contribution is 2.44. The van der Waals surface area contributed by atoms with Crippen LogP contribution < -0.4 is 15.2 Å². The van der Waals surface area contributed by atoms with E-state index >= 15 is 0 Å². The van der Waals surface area contributed by atoms with Gasteiger partial charge in [0.15, 0.2) is 0 Å². The third kappa shape index (κ3) is 2.58. The maximum Gasteiger partial charge on any atom is 0.335 e. The van der Waals surface area contributed by atoms with Gasteiger partial charge < -0.3 is 15.2 Å². The fraction of sp³-hybridized carbons (Fsp3) is 0.300. The van der Waals surface area contributed by atoms with Crippen LogP contribution in [-0.4, -0.2) is 31.0 Å². The molecule has 2 amide bonds. The molecular weight excluding hydrogens is 330 g/mol. The van der Waals surface area contributed by atoms with Crippen LogP contribution in [0, 0.1) is 5.92 Å². The van der Waals surface area contributed by atoms with E-state index in [2.05, 4.69) is 11.2 Å². The molecule has 0 saturated carbocycles. The summed E-state index contributed by atoms with van der Waals surface area (Å²) in [5.41, 5.74) is 9.82. The van der Waals surface area contributed by atoms with Crippen LogP contribution in [0.1, 0.15) is 29.2 Å². The number of hydrazone groups is 1. The van der Waals surface area contributed by atoms with Gasteiger partial charge in [-0.05, 0) is 48.2 Å². The van der Waals surface area contributed by atoms with E-state index in [-0.39, 0.29) is 12.0 Å². The highest BCUT2D eigenvalue weighted by atomic mass is 16.5. The molecule has 1 heterocycles. The average molecular weight is 351 g/mol. The van der Waals surface area contributed by atoms with Crippen molar-refractivity contribution in [3.63, 3.8) is 0 Å². The fourth-order valence-electron chi connectivity index (χ4n) is 3.93. The molecule has 134 valence electrons. The van der Waals surface area contributed by atoms with E-state index in [4.69, 9.17) is 15.2 Å². The largest absolute Gasteiger partial charge is 0.497 e. The maximum atomic E-state index is 12.1. The molecule has 0 aromatic heterocycles. The van der Waals surface area contributed by atoms with Gasteiger partial charge in [0.2, 0.25) is 0 Å². The number of methoxy groups -OCH3 is 2. The van der Waals surface area contributed by atoms with Gasteiger partial charge in [-0.3, -0.25) is 0 Å². The van der Waals surface area contributed by atoms with E-state index in [9.17, 15) is 4.79 Å². The van der Waals surface area contributed by atoms with Crippen LogP contribution in [0.25, 0.3) is 0 Å². The van der Waals surface area contributed by atoms with Crippen molar-refractivity contribution in [3.8, 4) is 11.5 Å². The zero-order valence-corrected chi connectivity index (χ0v) is 14.8. The number of primary amides is 1. The van der Waals surface area contributed by atoms with Crippen LogP contribution in [0.3, 0.4) is 0 Å². The van der Waals surface area contributed by atoms with Crippen LogP contribution in [0.2, 0.25) is 0 Å². The molecule has 0 saturated heterocycles. The van der Waals surface area contributed by atoms with E-state index in [0.717, 1.165) is 41.2 Å². The van der Waals surface area contributed by atoms with Gasteiger partial charge in [0.1, 0.15) is 11.5 Å². The van der Waals surface area contributed by atoms with Crippen molar-refractivity contribution in [2.24, 2.45) is 16.8 Å². The Morgan fingerprint density at radius 2 is 1.81 bits per heavy atom. The van der Waals surface area contributed by atoms with Crippen molar-refractivity contribution >= 4 is 11.7 Å². The lowest BCUT2D eigenvalue weighted by atomic mass is 9.77. The number of carbonyl (C=O) groups is 1. The highest BCUT2D eigenvalue weighted by molar-refractivity contribution is 6.07. The van der Waals surface area contributed by atoms with Crippen molar-refractivity contribution in [3.05, 3.63) is 59.2 Å². The average Bonchev–Trinajstić information content (AvgIpc) is 3.08. The highest BCUT2D eigenvalue weighted by Gasteiger charge is 2.43. The molecule has 0 radical (unpaired) electrons. The number of aryl methyl sites for hydroxylation is 1. The number of hydrogen-bond acceptors (Lipinski definition) is 4. The summed E-state index contributed by atoms with van der Waals surface area (Å²) in [6.45, 7) is 0. The minimum absolute atomic E-state index is 0.107. The van der Waals surface area contributed by atoms with E-state index in [1.807, 2.05) is 36.4 Å². The zero-order valence-electron chi connectivity index (χ0n) is 14.8. The van der Waals surface area contributed by atoms with Crippen LogP contribution in [0.5, 0.6) is 11.5 Å². The first kappa shape index (κ1) is 16.4. The predicted octanol–water partition coefficient (Wildman–Crippen LogP) is 3.11. The molecule has 0 bridgehead atoms. The maximum absolute atomic E-state index is 12.1. The smallest absolute Gasteiger partial charge is 0.335 e.